The number of carbonyl (C=O) groups excluding carboxylic acids is 2. The highest BCUT2D eigenvalue weighted by Crippen LogP contribution is 2.14. The van der Waals surface area contributed by atoms with Crippen molar-refractivity contribution in [2.75, 3.05) is 0 Å². The van der Waals surface area contributed by atoms with E-state index in [0.29, 0.717) is 12.8 Å². The summed E-state index contributed by atoms with van der Waals surface area (Å²) in [6.45, 7) is 0. The maximum absolute atomic E-state index is 10.2. The van der Waals surface area contributed by atoms with Gasteiger partial charge in [0.05, 0.1) is 0 Å². The molecule has 2 aliphatic rings. The van der Waals surface area contributed by atoms with Crippen LogP contribution in [0.25, 0.3) is 0 Å². The van der Waals surface area contributed by atoms with Crippen molar-refractivity contribution in [1.82, 2.24) is 5.32 Å². The van der Waals surface area contributed by atoms with Gasteiger partial charge in [0.15, 0.2) is 0 Å². The number of nitrogens with one attached hydrogen (secondary N) is 1. The first-order valence-corrected chi connectivity index (χ1v) is 6.47. The van der Waals surface area contributed by atoms with Crippen molar-refractivity contribution in [2.24, 2.45) is 0 Å². The lowest BCUT2D eigenvalue weighted by molar-refractivity contribution is -0.124. The first-order chi connectivity index (χ1) is 9.08. The van der Waals surface area contributed by atoms with Gasteiger partial charge in [0.1, 0.15) is 6.10 Å². The molecule has 2 N–H and O–H groups in total. The van der Waals surface area contributed by atoms with Crippen LogP contribution in [0.3, 0.4) is 0 Å². The van der Waals surface area contributed by atoms with Crippen LogP contribution in [-0.4, -0.2) is 29.2 Å². The number of hydrogen-bond acceptors (Lipinski definition) is 4. The third-order valence-corrected chi connectivity index (χ3v) is 2.82. The van der Waals surface area contributed by atoms with Gasteiger partial charge >= 0.3 is 6.16 Å². The fraction of sp³-hybridized carbons (Fsp3) is 0.615. The molecule has 6 heteroatoms. The standard InChI is InChI=1S/C9H14O3.C4H5NO2/c10-9(11)12-8-6-4-2-1-3-5-7-8;6-3-1-2-4(7)5-3/h4,6,8H,1-3,5,7H2,(H,10,11);1-2H2,(H,5,6,7)/b6-4+;/t8-;/m1./s1. The van der Waals surface area contributed by atoms with Crippen LogP contribution in [0.4, 0.5) is 4.79 Å². The molecule has 1 aliphatic heterocycles. The Balaban J connectivity index is 0.000000218. The second kappa shape index (κ2) is 8.29. The second-order valence-corrected chi connectivity index (χ2v) is 4.46. The van der Waals surface area contributed by atoms with Crippen LogP contribution >= 0.6 is 0 Å². The summed E-state index contributed by atoms with van der Waals surface area (Å²) in [5.74, 6) is -0.296. The van der Waals surface area contributed by atoms with Gasteiger partial charge in [-0.3, -0.25) is 14.9 Å². The largest absolute Gasteiger partial charge is 0.506 e. The number of carbonyl (C=O) groups is 3. The van der Waals surface area contributed by atoms with Gasteiger partial charge in [0, 0.05) is 12.8 Å². The minimum Gasteiger partial charge on any atom is -0.450 e. The van der Waals surface area contributed by atoms with Gasteiger partial charge in [-0.15, -0.1) is 0 Å². The predicted molar refractivity (Wildman–Crippen MR) is 67.5 cm³/mol. The molecule has 1 saturated heterocycles. The molecule has 0 saturated carbocycles. The molecule has 2 amide bonds. The lowest BCUT2D eigenvalue weighted by Gasteiger charge is -2.13. The topological polar surface area (TPSA) is 92.7 Å². The Morgan fingerprint density at radius 1 is 1.21 bits per heavy atom. The lowest BCUT2D eigenvalue weighted by Crippen LogP contribution is -2.18. The second-order valence-electron chi connectivity index (χ2n) is 4.46. The number of ether oxygens (including phenoxy) is 1. The molecule has 1 atom stereocenters. The van der Waals surface area contributed by atoms with Crippen LogP contribution in [0.1, 0.15) is 44.9 Å². The summed E-state index contributed by atoms with van der Waals surface area (Å²) in [5, 5.41) is 10.5. The van der Waals surface area contributed by atoms with E-state index in [0.717, 1.165) is 19.3 Å². The number of carboxylic acid groups (broad SMARTS) is 1. The Morgan fingerprint density at radius 2 is 1.89 bits per heavy atom. The van der Waals surface area contributed by atoms with Gasteiger partial charge in [-0.2, -0.15) is 0 Å². The summed E-state index contributed by atoms with van der Waals surface area (Å²) in [5.41, 5.74) is 0. The van der Waals surface area contributed by atoms with Crippen molar-refractivity contribution in [3.05, 3.63) is 12.2 Å². The van der Waals surface area contributed by atoms with Crippen molar-refractivity contribution in [3.8, 4) is 0 Å². The fourth-order valence-corrected chi connectivity index (χ4v) is 1.86. The average molecular weight is 269 g/mol. The molecule has 19 heavy (non-hydrogen) atoms. The highest BCUT2D eigenvalue weighted by Gasteiger charge is 2.15. The number of hydrogen-bond donors (Lipinski definition) is 2. The molecule has 2 rings (SSSR count). The predicted octanol–water partition coefficient (Wildman–Crippen LogP) is 1.99. The minimum atomic E-state index is -1.18. The third-order valence-electron chi connectivity index (χ3n) is 2.82. The molecular weight excluding hydrogens is 250 g/mol. The number of allylic oxidation sites excluding steroid dienone is 1. The Labute approximate surface area is 111 Å². The summed E-state index contributed by atoms with van der Waals surface area (Å²) in [6, 6.07) is 0. The van der Waals surface area contributed by atoms with Crippen LogP contribution in [0.15, 0.2) is 12.2 Å². The van der Waals surface area contributed by atoms with E-state index >= 15 is 0 Å². The number of rotatable bonds is 1. The highest BCUT2D eigenvalue weighted by atomic mass is 16.7. The zero-order valence-electron chi connectivity index (χ0n) is 10.8. The lowest BCUT2D eigenvalue weighted by atomic mass is 10.0. The van der Waals surface area contributed by atoms with Crippen molar-refractivity contribution in [1.29, 1.82) is 0 Å². The summed E-state index contributed by atoms with van der Waals surface area (Å²) in [7, 11) is 0. The quantitative estimate of drug-likeness (QED) is 0.431. The van der Waals surface area contributed by atoms with Crippen molar-refractivity contribution in [3.63, 3.8) is 0 Å². The average Bonchev–Trinajstić information content (AvgIpc) is 2.67. The summed E-state index contributed by atoms with van der Waals surface area (Å²) in [6.07, 6.45) is 8.51. The van der Waals surface area contributed by atoms with Crippen LogP contribution < -0.4 is 5.32 Å². The smallest absolute Gasteiger partial charge is 0.450 e. The van der Waals surface area contributed by atoms with Crippen LogP contribution in [-0.2, 0) is 14.3 Å². The van der Waals surface area contributed by atoms with Gasteiger partial charge in [0.2, 0.25) is 11.8 Å². The van der Waals surface area contributed by atoms with E-state index in [1.807, 2.05) is 12.2 Å². The molecule has 106 valence electrons. The normalized spacial score (nSPS) is 24.3. The number of imide groups is 1. The van der Waals surface area contributed by atoms with Crippen molar-refractivity contribution < 1.29 is 24.2 Å². The van der Waals surface area contributed by atoms with Gasteiger partial charge in [-0.05, 0) is 31.8 Å². The van der Waals surface area contributed by atoms with Gasteiger partial charge in [0.25, 0.3) is 0 Å². The highest BCUT2D eigenvalue weighted by molar-refractivity contribution is 6.01. The molecule has 1 aliphatic carbocycles. The molecule has 6 nitrogen and oxygen atoms in total. The SMILES string of the molecule is O=C(O)O[C@@H]1/C=C/CCCCC1.O=C1CCC(=O)N1. The maximum Gasteiger partial charge on any atom is 0.506 e. The third kappa shape index (κ3) is 7.23. The molecule has 1 fully saturated rings. The first kappa shape index (κ1) is 15.2. The Bertz CT molecular complexity index is 350. The van der Waals surface area contributed by atoms with Crippen LogP contribution in [0.5, 0.6) is 0 Å². The molecule has 0 aromatic carbocycles. The van der Waals surface area contributed by atoms with Crippen molar-refractivity contribution >= 4 is 18.0 Å². The Morgan fingerprint density at radius 3 is 2.42 bits per heavy atom. The molecule has 1 heterocycles. The van der Waals surface area contributed by atoms with Crippen LogP contribution in [0, 0.1) is 0 Å². The molecular formula is C13H19NO5. The van der Waals surface area contributed by atoms with Crippen molar-refractivity contribution in [2.45, 2.75) is 51.0 Å². The van der Waals surface area contributed by atoms with E-state index < -0.39 is 6.16 Å². The van der Waals surface area contributed by atoms with E-state index in [1.165, 1.54) is 12.8 Å². The minimum absolute atomic E-state index is 0.148. The van der Waals surface area contributed by atoms with Gasteiger partial charge < -0.3 is 9.84 Å². The van der Waals surface area contributed by atoms with E-state index in [1.54, 1.807) is 0 Å². The molecule has 0 aromatic heterocycles. The first-order valence-electron chi connectivity index (χ1n) is 6.47. The summed E-state index contributed by atoms with van der Waals surface area (Å²) < 4.78 is 4.66. The maximum atomic E-state index is 10.2. The summed E-state index contributed by atoms with van der Waals surface area (Å²) >= 11 is 0. The zero-order valence-corrected chi connectivity index (χ0v) is 10.8. The molecule has 0 spiro atoms. The summed E-state index contributed by atoms with van der Waals surface area (Å²) in [4.78, 5) is 30.5. The molecule has 0 unspecified atom stereocenters. The zero-order chi connectivity index (χ0) is 14.1. The van der Waals surface area contributed by atoms with E-state index in [9.17, 15) is 14.4 Å². The Kier molecular flexibility index (Phi) is 6.63. The van der Waals surface area contributed by atoms with E-state index in [4.69, 9.17) is 5.11 Å². The van der Waals surface area contributed by atoms with Crippen LogP contribution in [0.2, 0.25) is 0 Å². The van der Waals surface area contributed by atoms with E-state index in [-0.39, 0.29) is 17.9 Å². The monoisotopic (exact) mass is 269 g/mol. The molecule has 0 aromatic rings. The molecule has 0 radical (unpaired) electrons. The molecule has 0 bridgehead atoms. The van der Waals surface area contributed by atoms with Gasteiger partial charge in [-0.1, -0.05) is 12.5 Å². The van der Waals surface area contributed by atoms with Gasteiger partial charge in [-0.25, -0.2) is 4.79 Å². The Hall–Kier alpha value is -1.85. The van der Waals surface area contributed by atoms with E-state index in [2.05, 4.69) is 10.1 Å². The fourth-order valence-electron chi connectivity index (χ4n) is 1.86. The number of amides is 2.